The van der Waals surface area contributed by atoms with Crippen molar-refractivity contribution in [1.29, 1.82) is 5.26 Å². The lowest BCUT2D eigenvalue weighted by Crippen LogP contribution is -2.22. The molecule has 1 N–H and O–H groups in total. The van der Waals surface area contributed by atoms with Crippen LogP contribution in [0, 0.1) is 11.3 Å². The summed E-state index contributed by atoms with van der Waals surface area (Å²) in [7, 11) is 1.60. The molecule has 18 heavy (non-hydrogen) atoms. The summed E-state index contributed by atoms with van der Waals surface area (Å²) in [4.78, 5) is 0. The molecule has 0 fully saturated rings. The first kappa shape index (κ1) is 14.3. The Morgan fingerprint density at radius 2 is 2.06 bits per heavy atom. The fourth-order valence-electron chi connectivity index (χ4n) is 1.51. The molecule has 4 nitrogen and oxygen atoms in total. The Hall–Kier alpha value is -1.73. The molecule has 1 unspecified atom stereocenters. The summed E-state index contributed by atoms with van der Waals surface area (Å²) in [6.07, 6.45) is -0.501. The Morgan fingerprint density at radius 1 is 1.33 bits per heavy atom. The quantitative estimate of drug-likeness (QED) is 0.840. The molecule has 98 valence electrons. The number of hydrogen-bond donors (Lipinski definition) is 1. The average Bonchev–Trinajstić information content (AvgIpc) is 2.36. The van der Waals surface area contributed by atoms with Gasteiger partial charge < -0.3 is 14.8 Å². The van der Waals surface area contributed by atoms with E-state index in [-0.39, 0.29) is 0 Å². The van der Waals surface area contributed by atoms with Crippen molar-refractivity contribution in [3.8, 4) is 17.6 Å². The first-order valence-electron chi connectivity index (χ1n) is 6.04. The van der Waals surface area contributed by atoms with E-state index in [4.69, 9.17) is 14.7 Å². The molecule has 1 aromatic rings. The topological polar surface area (TPSA) is 54.3 Å². The summed E-state index contributed by atoms with van der Waals surface area (Å²) in [5.41, 5.74) is 0.991. The molecule has 0 aliphatic rings. The zero-order valence-electron chi connectivity index (χ0n) is 11.4. The van der Waals surface area contributed by atoms with Gasteiger partial charge in [0.2, 0.25) is 0 Å². The van der Waals surface area contributed by atoms with E-state index in [1.165, 1.54) is 0 Å². The van der Waals surface area contributed by atoms with Crippen molar-refractivity contribution in [2.45, 2.75) is 39.5 Å². The Morgan fingerprint density at radius 3 is 2.61 bits per heavy atom. The maximum Gasteiger partial charge on any atom is 0.181 e. The molecule has 0 aliphatic heterocycles. The van der Waals surface area contributed by atoms with E-state index in [2.05, 4.69) is 25.2 Å². The number of nitrogens with zero attached hydrogens (tertiary/aromatic N) is 1. The molecule has 0 radical (unpaired) electrons. The minimum Gasteiger partial charge on any atom is -0.493 e. The Bertz CT molecular complexity index is 424. The molecule has 4 heteroatoms. The molecular formula is C14H20N2O2. The van der Waals surface area contributed by atoms with Crippen LogP contribution in [0.4, 0.5) is 0 Å². The molecule has 0 aromatic heterocycles. The van der Waals surface area contributed by atoms with Gasteiger partial charge in [0.05, 0.1) is 7.11 Å². The summed E-state index contributed by atoms with van der Waals surface area (Å²) in [5, 5.41) is 12.2. The molecule has 0 amide bonds. The highest BCUT2D eigenvalue weighted by Gasteiger charge is 2.13. The van der Waals surface area contributed by atoms with Crippen LogP contribution in [-0.2, 0) is 6.54 Å². The standard InChI is InChI=1S/C14H20N2O2/c1-10(2)16-9-12-6-5-7-13(17-4)14(12)18-11(3)8-15/h5-7,10-11,16H,9H2,1-4H3. The second-order valence-corrected chi connectivity index (χ2v) is 4.37. The van der Waals surface area contributed by atoms with Gasteiger partial charge in [0.1, 0.15) is 6.07 Å². The fraction of sp³-hybridized carbons (Fsp3) is 0.500. The van der Waals surface area contributed by atoms with Gasteiger partial charge in [-0.25, -0.2) is 0 Å². The summed E-state index contributed by atoms with van der Waals surface area (Å²) < 4.78 is 10.9. The third-order valence-corrected chi connectivity index (χ3v) is 2.46. The minimum absolute atomic E-state index is 0.387. The van der Waals surface area contributed by atoms with E-state index in [1.807, 2.05) is 18.2 Å². The van der Waals surface area contributed by atoms with E-state index in [0.29, 0.717) is 24.1 Å². The minimum atomic E-state index is -0.501. The van der Waals surface area contributed by atoms with Gasteiger partial charge in [-0.3, -0.25) is 0 Å². The highest BCUT2D eigenvalue weighted by atomic mass is 16.5. The molecule has 0 saturated carbocycles. The van der Waals surface area contributed by atoms with Gasteiger partial charge in [-0.05, 0) is 13.0 Å². The number of rotatable bonds is 6. The van der Waals surface area contributed by atoms with E-state index in [9.17, 15) is 0 Å². The third-order valence-electron chi connectivity index (χ3n) is 2.46. The second-order valence-electron chi connectivity index (χ2n) is 4.37. The van der Waals surface area contributed by atoms with Gasteiger partial charge >= 0.3 is 0 Å². The van der Waals surface area contributed by atoms with Crippen molar-refractivity contribution >= 4 is 0 Å². The molecule has 0 aliphatic carbocycles. The van der Waals surface area contributed by atoms with E-state index in [1.54, 1.807) is 14.0 Å². The Kier molecular flexibility index (Phi) is 5.47. The van der Waals surface area contributed by atoms with E-state index >= 15 is 0 Å². The van der Waals surface area contributed by atoms with Crippen molar-refractivity contribution in [3.05, 3.63) is 23.8 Å². The fourth-order valence-corrected chi connectivity index (χ4v) is 1.51. The van der Waals surface area contributed by atoms with Gasteiger partial charge in [0, 0.05) is 18.2 Å². The molecular weight excluding hydrogens is 228 g/mol. The number of ether oxygens (including phenoxy) is 2. The van der Waals surface area contributed by atoms with Crippen LogP contribution in [0.1, 0.15) is 26.3 Å². The van der Waals surface area contributed by atoms with Crippen molar-refractivity contribution in [1.82, 2.24) is 5.32 Å². The molecule has 0 spiro atoms. The maximum atomic E-state index is 8.84. The monoisotopic (exact) mass is 248 g/mol. The molecule has 1 atom stereocenters. The van der Waals surface area contributed by atoms with Crippen molar-refractivity contribution in [3.63, 3.8) is 0 Å². The Labute approximate surface area is 109 Å². The molecule has 1 aromatic carbocycles. The summed E-state index contributed by atoms with van der Waals surface area (Å²) in [6.45, 7) is 6.56. The predicted molar refractivity (Wildman–Crippen MR) is 70.7 cm³/mol. The summed E-state index contributed by atoms with van der Waals surface area (Å²) >= 11 is 0. The zero-order chi connectivity index (χ0) is 13.5. The molecule has 0 saturated heterocycles. The van der Waals surface area contributed by atoms with Gasteiger partial charge in [-0.15, -0.1) is 0 Å². The predicted octanol–water partition coefficient (Wildman–Crippen LogP) is 2.48. The number of hydrogen-bond acceptors (Lipinski definition) is 4. The van der Waals surface area contributed by atoms with Crippen LogP contribution >= 0.6 is 0 Å². The molecule has 0 bridgehead atoms. The van der Waals surface area contributed by atoms with Crippen LogP contribution in [0.5, 0.6) is 11.5 Å². The van der Waals surface area contributed by atoms with Gasteiger partial charge in [0.25, 0.3) is 0 Å². The second kappa shape index (κ2) is 6.87. The summed E-state index contributed by atoms with van der Waals surface area (Å²) in [5.74, 6) is 1.29. The molecule has 0 heterocycles. The first-order valence-corrected chi connectivity index (χ1v) is 6.04. The van der Waals surface area contributed by atoms with Crippen LogP contribution in [0.25, 0.3) is 0 Å². The van der Waals surface area contributed by atoms with E-state index < -0.39 is 6.10 Å². The maximum absolute atomic E-state index is 8.84. The lowest BCUT2D eigenvalue weighted by molar-refractivity contribution is 0.256. The highest BCUT2D eigenvalue weighted by molar-refractivity contribution is 5.47. The number of methoxy groups -OCH3 is 1. The number of nitriles is 1. The normalized spacial score (nSPS) is 12.0. The first-order chi connectivity index (χ1) is 8.58. The van der Waals surface area contributed by atoms with Crippen LogP contribution in [0.3, 0.4) is 0 Å². The van der Waals surface area contributed by atoms with Crippen LogP contribution in [-0.4, -0.2) is 19.3 Å². The Balaban J connectivity index is 2.97. The van der Waals surface area contributed by atoms with Gasteiger partial charge in [-0.1, -0.05) is 26.0 Å². The summed E-state index contributed by atoms with van der Waals surface area (Å²) in [6, 6.07) is 8.16. The van der Waals surface area contributed by atoms with Gasteiger partial charge in [-0.2, -0.15) is 5.26 Å². The highest BCUT2D eigenvalue weighted by Crippen LogP contribution is 2.31. The largest absolute Gasteiger partial charge is 0.493 e. The smallest absolute Gasteiger partial charge is 0.181 e. The number of para-hydroxylation sites is 1. The SMILES string of the molecule is COc1cccc(CNC(C)C)c1OC(C)C#N. The number of benzene rings is 1. The third kappa shape index (κ3) is 3.94. The van der Waals surface area contributed by atoms with Crippen LogP contribution in [0.15, 0.2) is 18.2 Å². The van der Waals surface area contributed by atoms with Crippen molar-refractivity contribution in [2.75, 3.05) is 7.11 Å². The van der Waals surface area contributed by atoms with E-state index in [0.717, 1.165) is 5.56 Å². The number of nitrogens with one attached hydrogen (secondary N) is 1. The van der Waals surface area contributed by atoms with Crippen LogP contribution < -0.4 is 14.8 Å². The zero-order valence-corrected chi connectivity index (χ0v) is 11.4. The van der Waals surface area contributed by atoms with Crippen molar-refractivity contribution in [2.24, 2.45) is 0 Å². The lowest BCUT2D eigenvalue weighted by Gasteiger charge is -2.17. The van der Waals surface area contributed by atoms with Crippen molar-refractivity contribution < 1.29 is 9.47 Å². The van der Waals surface area contributed by atoms with Crippen LogP contribution in [0.2, 0.25) is 0 Å². The lowest BCUT2D eigenvalue weighted by atomic mass is 10.1. The average molecular weight is 248 g/mol. The van der Waals surface area contributed by atoms with Gasteiger partial charge in [0.15, 0.2) is 17.6 Å². The molecule has 1 rings (SSSR count).